The first kappa shape index (κ1) is 16.4. The van der Waals surface area contributed by atoms with Gasteiger partial charge in [-0.05, 0) is 31.5 Å². The average molecular weight is 348 g/mol. The van der Waals surface area contributed by atoms with Gasteiger partial charge in [0.15, 0.2) is 6.17 Å². The molecule has 1 fully saturated rings. The van der Waals surface area contributed by atoms with Gasteiger partial charge in [0.05, 0.1) is 6.54 Å². The van der Waals surface area contributed by atoms with E-state index >= 15 is 0 Å². The van der Waals surface area contributed by atoms with E-state index in [2.05, 4.69) is 5.43 Å². The van der Waals surface area contributed by atoms with E-state index in [0.717, 1.165) is 16.8 Å². The van der Waals surface area contributed by atoms with Gasteiger partial charge in [-0.2, -0.15) is 5.43 Å². The third-order valence-electron chi connectivity index (χ3n) is 4.63. The van der Waals surface area contributed by atoms with E-state index in [-0.39, 0.29) is 11.9 Å². The first-order valence-corrected chi connectivity index (χ1v) is 8.52. The van der Waals surface area contributed by atoms with Crippen LogP contribution in [0, 0.1) is 13.8 Å². The minimum absolute atomic E-state index is 0.184. The molecule has 2 aromatic carbocycles. The van der Waals surface area contributed by atoms with Crippen molar-refractivity contribution in [1.82, 2.24) is 15.3 Å². The minimum atomic E-state index is -0.723. The number of hydrogen-bond acceptors (Lipinski definition) is 3. The number of anilines is 1. The molecule has 1 N–H and O–H groups in total. The SMILES string of the molecule is Cc1ccc(CN2NC3C(=O)N(c4ccc(C)cc4)C=CN3C2=O)cc1. The number of benzene rings is 2. The van der Waals surface area contributed by atoms with Gasteiger partial charge in [-0.3, -0.25) is 19.6 Å². The lowest BCUT2D eigenvalue weighted by molar-refractivity contribution is -0.122. The highest BCUT2D eigenvalue weighted by Crippen LogP contribution is 2.25. The first-order chi connectivity index (χ1) is 12.5. The Bertz CT molecular complexity index is 874. The predicted molar refractivity (Wildman–Crippen MR) is 98.7 cm³/mol. The molecule has 0 saturated carbocycles. The third kappa shape index (κ3) is 2.84. The summed E-state index contributed by atoms with van der Waals surface area (Å²) in [4.78, 5) is 28.5. The van der Waals surface area contributed by atoms with E-state index in [4.69, 9.17) is 0 Å². The van der Waals surface area contributed by atoms with Crippen LogP contribution < -0.4 is 10.3 Å². The van der Waals surface area contributed by atoms with Crippen molar-refractivity contribution >= 4 is 17.6 Å². The molecular formula is C20H20N4O2. The number of hydrazine groups is 1. The first-order valence-electron chi connectivity index (χ1n) is 8.52. The van der Waals surface area contributed by atoms with Gasteiger partial charge < -0.3 is 0 Å². The topological polar surface area (TPSA) is 55.9 Å². The lowest BCUT2D eigenvalue weighted by Crippen LogP contribution is -2.51. The van der Waals surface area contributed by atoms with Gasteiger partial charge in [-0.1, -0.05) is 47.5 Å². The van der Waals surface area contributed by atoms with Crippen LogP contribution in [0.25, 0.3) is 0 Å². The maximum Gasteiger partial charge on any atom is 0.340 e. The highest BCUT2D eigenvalue weighted by atomic mass is 16.2. The number of nitrogens with one attached hydrogen (secondary N) is 1. The Morgan fingerprint density at radius 3 is 2.15 bits per heavy atom. The highest BCUT2D eigenvalue weighted by molar-refractivity contribution is 6.02. The van der Waals surface area contributed by atoms with Crippen LogP contribution in [0.5, 0.6) is 0 Å². The van der Waals surface area contributed by atoms with Gasteiger partial charge in [0.2, 0.25) is 0 Å². The van der Waals surface area contributed by atoms with E-state index in [0.29, 0.717) is 6.54 Å². The van der Waals surface area contributed by atoms with Crippen LogP contribution in [0.4, 0.5) is 10.5 Å². The maximum atomic E-state index is 12.9. The van der Waals surface area contributed by atoms with Crippen molar-refractivity contribution < 1.29 is 9.59 Å². The molecule has 2 heterocycles. The van der Waals surface area contributed by atoms with Crippen molar-refractivity contribution in [2.75, 3.05) is 4.90 Å². The Kier molecular flexibility index (Phi) is 3.97. The zero-order valence-electron chi connectivity index (χ0n) is 14.7. The summed E-state index contributed by atoms with van der Waals surface area (Å²) in [5.41, 5.74) is 7.11. The van der Waals surface area contributed by atoms with Crippen LogP contribution >= 0.6 is 0 Å². The van der Waals surface area contributed by atoms with Crippen molar-refractivity contribution in [2.45, 2.75) is 26.6 Å². The summed E-state index contributed by atoms with van der Waals surface area (Å²) in [5, 5.41) is 1.48. The van der Waals surface area contributed by atoms with Crippen LogP contribution in [0.15, 0.2) is 60.9 Å². The summed E-state index contributed by atoms with van der Waals surface area (Å²) in [7, 11) is 0. The molecule has 1 saturated heterocycles. The van der Waals surface area contributed by atoms with Gasteiger partial charge >= 0.3 is 6.03 Å². The zero-order valence-corrected chi connectivity index (χ0v) is 14.7. The molecule has 26 heavy (non-hydrogen) atoms. The molecule has 2 aliphatic rings. The minimum Gasteiger partial charge on any atom is -0.283 e. The number of carbonyl (C=O) groups excluding carboxylic acids is 2. The quantitative estimate of drug-likeness (QED) is 0.928. The fourth-order valence-electron chi connectivity index (χ4n) is 3.09. The fourth-order valence-corrected chi connectivity index (χ4v) is 3.09. The van der Waals surface area contributed by atoms with Gasteiger partial charge in [0.1, 0.15) is 0 Å². The average Bonchev–Trinajstić information content (AvgIpc) is 2.95. The fraction of sp³-hybridized carbons (Fsp3) is 0.200. The molecule has 4 rings (SSSR count). The molecule has 2 aromatic rings. The normalized spacial score (nSPS) is 19.3. The van der Waals surface area contributed by atoms with Gasteiger partial charge in [-0.15, -0.1) is 0 Å². The molecule has 1 unspecified atom stereocenters. The molecule has 132 valence electrons. The number of fused-ring (bicyclic) bond motifs is 1. The van der Waals surface area contributed by atoms with E-state index in [9.17, 15) is 9.59 Å². The number of aryl methyl sites for hydroxylation is 2. The molecule has 0 bridgehead atoms. The van der Waals surface area contributed by atoms with Crippen molar-refractivity contribution in [3.63, 3.8) is 0 Å². The summed E-state index contributed by atoms with van der Waals surface area (Å²) in [6, 6.07) is 15.5. The monoisotopic (exact) mass is 348 g/mol. The van der Waals surface area contributed by atoms with Crippen molar-refractivity contribution in [2.24, 2.45) is 0 Å². The Hall–Kier alpha value is -3.12. The molecule has 6 heteroatoms. The standard InChI is InChI=1S/C20H20N4O2/c1-14-3-7-16(8-4-14)13-24-20(26)23-12-11-22(19(25)18(23)21-24)17-9-5-15(2)6-10-17/h3-12,18,21H,13H2,1-2H3. The molecule has 0 aliphatic carbocycles. The smallest absolute Gasteiger partial charge is 0.283 e. The Labute approximate surface area is 152 Å². The lowest BCUT2D eigenvalue weighted by Gasteiger charge is -2.29. The Balaban J connectivity index is 1.53. The lowest BCUT2D eigenvalue weighted by atomic mass is 10.1. The van der Waals surface area contributed by atoms with E-state index in [1.807, 2.05) is 62.4 Å². The second-order valence-corrected chi connectivity index (χ2v) is 6.64. The van der Waals surface area contributed by atoms with E-state index in [1.54, 1.807) is 17.3 Å². The third-order valence-corrected chi connectivity index (χ3v) is 4.63. The van der Waals surface area contributed by atoms with E-state index < -0.39 is 6.17 Å². The van der Waals surface area contributed by atoms with Crippen molar-refractivity contribution in [3.8, 4) is 0 Å². The van der Waals surface area contributed by atoms with E-state index in [1.165, 1.54) is 15.5 Å². The summed E-state index contributed by atoms with van der Waals surface area (Å²) in [6.07, 6.45) is 2.56. The van der Waals surface area contributed by atoms with Crippen molar-refractivity contribution in [1.29, 1.82) is 0 Å². The Morgan fingerprint density at radius 2 is 1.50 bits per heavy atom. The highest BCUT2D eigenvalue weighted by Gasteiger charge is 2.44. The van der Waals surface area contributed by atoms with Gasteiger partial charge in [0, 0.05) is 18.1 Å². The summed E-state index contributed by atoms with van der Waals surface area (Å²) < 4.78 is 0. The molecule has 1 atom stereocenters. The number of carbonyl (C=O) groups is 2. The maximum absolute atomic E-state index is 12.9. The van der Waals surface area contributed by atoms with Crippen molar-refractivity contribution in [3.05, 3.63) is 77.6 Å². The largest absolute Gasteiger partial charge is 0.340 e. The second-order valence-electron chi connectivity index (χ2n) is 6.64. The number of urea groups is 1. The molecule has 0 aromatic heterocycles. The molecule has 0 radical (unpaired) electrons. The summed E-state index contributed by atoms with van der Waals surface area (Å²) in [5.74, 6) is -0.184. The van der Waals surface area contributed by atoms with Crippen LogP contribution in [0.2, 0.25) is 0 Å². The zero-order chi connectivity index (χ0) is 18.3. The van der Waals surface area contributed by atoms with Crippen LogP contribution in [-0.4, -0.2) is 28.0 Å². The van der Waals surface area contributed by atoms with Gasteiger partial charge in [-0.25, -0.2) is 4.79 Å². The van der Waals surface area contributed by atoms with Crippen LogP contribution in [0.3, 0.4) is 0 Å². The number of hydrogen-bond donors (Lipinski definition) is 1. The number of nitrogens with zero attached hydrogens (tertiary/aromatic N) is 3. The molecular weight excluding hydrogens is 328 g/mol. The molecule has 3 amide bonds. The molecule has 6 nitrogen and oxygen atoms in total. The van der Waals surface area contributed by atoms with Crippen LogP contribution in [-0.2, 0) is 11.3 Å². The summed E-state index contributed by atoms with van der Waals surface area (Å²) in [6.45, 7) is 4.42. The van der Waals surface area contributed by atoms with Gasteiger partial charge in [0.25, 0.3) is 5.91 Å². The molecule has 0 spiro atoms. The van der Waals surface area contributed by atoms with Crippen LogP contribution in [0.1, 0.15) is 16.7 Å². The Morgan fingerprint density at radius 1 is 0.885 bits per heavy atom. The molecule has 2 aliphatic heterocycles. The predicted octanol–water partition coefficient (Wildman–Crippen LogP) is 2.89. The number of rotatable bonds is 3. The summed E-state index contributed by atoms with van der Waals surface area (Å²) >= 11 is 0. The number of amides is 3. The second kappa shape index (κ2) is 6.31.